The Morgan fingerprint density at radius 3 is 1.63 bits per heavy atom. The molecule has 0 spiro atoms. The number of carbonyl (C=O) groups is 2. The molecule has 1 aliphatic heterocycles. The molecule has 0 unspecified atom stereocenters. The number of hydrogen-bond donors (Lipinski definition) is 3. The summed E-state index contributed by atoms with van der Waals surface area (Å²) in [4.78, 5) is 27.4. The van der Waals surface area contributed by atoms with E-state index < -0.39 is 5.92 Å². The molecule has 196 valence electrons. The number of hydrogen-bond acceptors (Lipinski definition) is 5. The van der Waals surface area contributed by atoms with Gasteiger partial charge in [0.2, 0.25) is 11.8 Å². The van der Waals surface area contributed by atoms with Gasteiger partial charge in [0.25, 0.3) is 0 Å². The Morgan fingerprint density at radius 2 is 1.18 bits per heavy atom. The van der Waals surface area contributed by atoms with Crippen LogP contribution in [0.3, 0.4) is 0 Å². The first kappa shape index (κ1) is 26.5. The first-order chi connectivity index (χ1) is 18.4. The van der Waals surface area contributed by atoms with E-state index in [-0.39, 0.29) is 11.8 Å². The highest BCUT2D eigenvalue weighted by Crippen LogP contribution is 2.41. The van der Waals surface area contributed by atoms with Crippen molar-refractivity contribution < 1.29 is 19.1 Å². The second-order valence-electron chi connectivity index (χ2n) is 9.09. The third kappa shape index (κ3) is 5.89. The van der Waals surface area contributed by atoms with Crippen molar-refractivity contribution in [3.8, 4) is 11.5 Å². The lowest BCUT2D eigenvalue weighted by molar-refractivity contribution is -0.118. The van der Waals surface area contributed by atoms with E-state index in [4.69, 9.17) is 9.47 Å². The molecular formula is C31H33N3O4. The fourth-order valence-corrected chi connectivity index (χ4v) is 4.71. The highest BCUT2D eigenvalue weighted by molar-refractivity contribution is 6.03. The van der Waals surface area contributed by atoms with Gasteiger partial charge in [0.05, 0.1) is 14.2 Å². The fraction of sp³-hybridized carbons (Fsp3) is 0.226. The molecule has 0 fully saturated rings. The molecule has 0 radical (unpaired) electrons. The Labute approximate surface area is 223 Å². The number of methoxy groups -OCH3 is 2. The predicted octanol–water partition coefficient (Wildman–Crippen LogP) is 4.57. The van der Waals surface area contributed by atoms with E-state index in [2.05, 4.69) is 16.0 Å². The minimum Gasteiger partial charge on any atom is -0.493 e. The van der Waals surface area contributed by atoms with E-state index in [1.165, 1.54) is 0 Å². The lowest BCUT2D eigenvalue weighted by atomic mass is 9.79. The Hall–Kier alpha value is -4.52. The molecule has 0 bridgehead atoms. The molecule has 3 aromatic rings. The van der Waals surface area contributed by atoms with Gasteiger partial charge in [-0.3, -0.25) is 9.59 Å². The summed E-state index contributed by atoms with van der Waals surface area (Å²) >= 11 is 0. The number of benzene rings is 3. The van der Waals surface area contributed by atoms with E-state index in [0.717, 1.165) is 16.7 Å². The van der Waals surface area contributed by atoms with Crippen LogP contribution in [0, 0.1) is 0 Å². The van der Waals surface area contributed by atoms with Gasteiger partial charge in [-0.15, -0.1) is 0 Å². The van der Waals surface area contributed by atoms with Gasteiger partial charge in [0.1, 0.15) is 0 Å². The first-order valence-corrected chi connectivity index (χ1v) is 12.5. The van der Waals surface area contributed by atoms with Gasteiger partial charge in [-0.1, -0.05) is 66.7 Å². The van der Waals surface area contributed by atoms with E-state index in [1.54, 1.807) is 20.3 Å². The largest absolute Gasteiger partial charge is 0.493 e. The van der Waals surface area contributed by atoms with Crippen molar-refractivity contribution in [2.75, 3.05) is 14.2 Å². The van der Waals surface area contributed by atoms with Crippen LogP contribution in [0.25, 0.3) is 0 Å². The lowest BCUT2D eigenvalue weighted by Crippen LogP contribution is -2.38. The second kappa shape index (κ2) is 12.1. The number of ether oxygens (including phenoxy) is 2. The smallest absolute Gasteiger partial charge is 0.250 e. The fourth-order valence-electron chi connectivity index (χ4n) is 4.71. The van der Waals surface area contributed by atoms with Gasteiger partial charge in [-0.25, -0.2) is 0 Å². The molecule has 0 aliphatic carbocycles. The van der Waals surface area contributed by atoms with Crippen LogP contribution >= 0.6 is 0 Å². The summed E-state index contributed by atoms with van der Waals surface area (Å²) in [6.45, 7) is 4.45. The van der Waals surface area contributed by atoms with E-state index in [9.17, 15) is 9.59 Å². The van der Waals surface area contributed by atoms with Crippen molar-refractivity contribution >= 4 is 11.8 Å². The van der Waals surface area contributed by atoms with Crippen molar-refractivity contribution in [2.24, 2.45) is 0 Å². The van der Waals surface area contributed by atoms with Crippen LogP contribution < -0.4 is 25.4 Å². The molecule has 3 aromatic carbocycles. The van der Waals surface area contributed by atoms with Crippen LogP contribution in [-0.2, 0) is 22.7 Å². The number of nitrogens with one attached hydrogen (secondary N) is 3. The van der Waals surface area contributed by atoms with Crippen LogP contribution in [0.1, 0.15) is 36.5 Å². The molecule has 7 heteroatoms. The van der Waals surface area contributed by atoms with Crippen molar-refractivity contribution in [3.05, 3.63) is 118 Å². The van der Waals surface area contributed by atoms with Crippen LogP contribution in [0.4, 0.5) is 0 Å². The van der Waals surface area contributed by atoms with Gasteiger partial charge in [-0.2, -0.15) is 0 Å². The van der Waals surface area contributed by atoms with Crippen molar-refractivity contribution in [3.63, 3.8) is 0 Å². The molecule has 3 N–H and O–H groups in total. The van der Waals surface area contributed by atoms with Crippen molar-refractivity contribution in [2.45, 2.75) is 32.9 Å². The standard InChI is InChI=1S/C31H33N3O4/c1-20-27(30(35)32-18-22-11-7-5-8-12-22)29(24-15-16-25(37-3)26(17-24)38-4)28(21(2)34-20)31(36)33-19-23-13-9-6-10-14-23/h5-17,29,34H,18-19H2,1-4H3,(H,32,35)(H,33,36). The van der Waals surface area contributed by atoms with Crippen LogP contribution in [0.15, 0.2) is 101 Å². The zero-order chi connectivity index (χ0) is 27.1. The maximum atomic E-state index is 13.7. The highest BCUT2D eigenvalue weighted by Gasteiger charge is 2.36. The molecular weight excluding hydrogens is 478 g/mol. The third-order valence-electron chi connectivity index (χ3n) is 6.58. The van der Waals surface area contributed by atoms with Crippen LogP contribution in [0.2, 0.25) is 0 Å². The summed E-state index contributed by atoms with van der Waals surface area (Å²) in [5.74, 6) is -0.0368. The van der Waals surface area contributed by atoms with Crippen molar-refractivity contribution in [1.29, 1.82) is 0 Å². The van der Waals surface area contributed by atoms with E-state index >= 15 is 0 Å². The Morgan fingerprint density at radius 1 is 0.711 bits per heavy atom. The average Bonchev–Trinajstić information content (AvgIpc) is 2.95. The molecule has 2 amide bonds. The number of allylic oxidation sites excluding steroid dienone is 2. The summed E-state index contributed by atoms with van der Waals surface area (Å²) in [5.41, 5.74) is 5.04. The Balaban J connectivity index is 1.71. The molecule has 1 heterocycles. The number of dihydropyridines is 1. The normalized spacial score (nSPS) is 13.6. The van der Waals surface area contributed by atoms with Crippen LogP contribution in [-0.4, -0.2) is 26.0 Å². The summed E-state index contributed by atoms with van der Waals surface area (Å²) in [6, 6.07) is 24.9. The lowest BCUT2D eigenvalue weighted by Gasteiger charge is -2.32. The molecule has 7 nitrogen and oxygen atoms in total. The molecule has 0 atom stereocenters. The summed E-state index contributed by atoms with van der Waals surface area (Å²) < 4.78 is 11.0. The maximum absolute atomic E-state index is 13.7. The number of carbonyl (C=O) groups excluding carboxylic acids is 2. The SMILES string of the molecule is COc1ccc(C2C(C(=O)NCc3ccccc3)=C(C)NC(C)=C2C(=O)NCc2ccccc2)cc1OC. The van der Waals surface area contributed by atoms with Crippen molar-refractivity contribution in [1.82, 2.24) is 16.0 Å². The maximum Gasteiger partial charge on any atom is 0.250 e. The minimum absolute atomic E-state index is 0.250. The van der Waals surface area contributed by atoms with Crippen LogP contribution in [0.5, 0.6) is 11.5 Å². The van der Waals surface area contributed by atoms with Gasteiger partial charge in [0, 0.05) is 41.5 Å². The minimum atomic E-state index is -0.623. The zero-order valence-corrected chi connectivity index (χ0v) is 22.1. The van der Waals surface area contributed by atoms with Gasteiger partial charge in [0.15, 0.2) is 11.5 Å². The van der Waals surface area contributed by atoms with Gasteiger partial charge >= 0.3 is 0 Å². The molecule has 38 heavy (non-hydrogen) atoms. The molecule has 4 rings (SSSR count). The Bertz CT molecular complexity index is 1290. The summed E-state index contributed by atoms with van der Waals surface area (Å²) in [5, 5.41) is 9.34. The predicted molar refractivity (Wildman–Crippen MR) is 147 cm³/mol. The van der Waals surface area contributed by atoms with E-state index in [0.29, 0.717) is 47.1 Å². The average molecular weight is 512 g/mol. The highest BCUT2D eigenvalue weighted by atomic mass is 16.5. The summed E-state index contributed by atoms with van der Waals surface area (Å²) in [6.07, 6.45) is 0. The topological polar surface area (TPSA) is 88.7 Å². The van der Waals surface area contributed by atoms with Gasteiger partial charge < -0.3 is 25.4 Å². The number of rotatable bonds is 9. The molecule has 1 aliphatic rings. The molecule has 0 aromatic heterocycles. The summed E-state index contributed by atoms with van der Waals surface area (Å²) in [7, 11) is 3.13. The van der Waals surface area contributed by atoms with E-state index in [1.807, 2.05) is 86.6 Å². The zero-order valence-electron chi connectivity index (χ0n) is 22.1. The Kier molecular flexibility index (Phi) is 8.48. The monoisotopic (exact) mass is 511 g/mol. The molecule has 0 saturated heterocycles. The quantitative estimate of drug-likeness (QED) is 0.392. The first-order valence-electron chi connectivity index (χ1n) is 12.5. The number of amides is 2. The second-order valence-corrected chi connectivity index (χ2v) is 9.09. The third-order valence-corrected chi connectivity index (χ3v) is 6.58. The van der Waals surface area contributed by atoms with Gasteiger partial charge in [-0.05, 0) is 42.7 Å². The molecule has 0 saturated carbocycles.